The number of benzene rings is 4. The topological polar surface area (TPSA) is 3.24 Å². The lowest BCUT2D eigenvalue weighted by Crippen LogP contribution is -2.10. The lowest BCUT2D eigenvalue weighted by Gasteiger charge is -2.26. The van der Waals surface area contributed by atoms with Gasteiger partial charge in [-0.2, -0.15) is 0 Å². The highest BCUT2D eigenvalue weighted by molar-refractivity contribution is 5.80. The summed E-state index contributed by atoms with van der Waals surface area (Å²) in [6.45, 7) is 2.24. The average molecular weight is 414 g/mol. The average Bonchev–Trinajstić information content (AvgIpc) is 3.23. The molecule has 4 aromatic rings. The summed E-state index contributed by atoms with van der Waals surface area (Å²) in [7, 11) is 0. The molecule has 0 aliphatic heterocycles. The molecule has 1 heteroatoms. The summed E-state index contributed by atoms with van der Waals surface area (Å²) in [6, 6.07) is 35.2. The summed E-state index contributed by atoms with van der Waals surface area (Å²) in [5.74, 6) is 0.719. The minimum atomic E-state index is 0.719. The molecular formula is C31H27N. The first kappa shape index (κ1) is 19.1. The highest BCUT2D eigenvalue weighted by atomic mass is 15.1. The van der Waals surface area contributed by atoms with Crippen LogP contribution in [0.15, 0.2) is 103 Å². The standard InChI is InChI=1S/C31H27N/c1-22-18-29(32(27-8-4-2-5-9-27)28-10-6-3-7-11-28)16-17-30(22)26-15-14-25-20-23-12-13-24(19-23)31(25)21-26/h2-11,14-18,20-21,24H,12-13,19H2,1H3. The van der Waals surface area contributed by atoms with Crippen LogP contribution >= 0.6 is 0 Å². The zero-order chi connectivity index (χ0) is 21.5. The van der Waals surface area contributed by atoms with Gasteiger partial charge in [0.2, 0.25) is 0 Å². The van der Waals surface area contributed by atoms with Gasteiger partial charge in [-0.15, -0.1) is 0 Å². The molecule has 2 aliphatic rings. The van der Waals surface area contributed by atoms with Crippen LogP contribution < -0.4 is 4.90 Å². The van der Waals surface area contributed by atoms with E-state index in [0.29, 0.717) is 0 Å². The van der Waals surface area contributed by atoms with Crippen LogP contribution in [0.4, 0.5) is 17.1 Å². The van der Waals surface area contributed by atoms with Gasteiger partial charge in [0.15, 0.2) is 0 Å². The molecule has 1 atom stereocenters. The minimum Gasteiger partial charge on any atom is -0.310 e. The molecular weight excluding hydrogens is 386 g/mol. The molecule has 0 radical (unpaired) electrons. The Morgan fingerprint density at radius 1 is 0.719 bits per heavy atom. The molecule has 0 heterocycles. The van der Waals surface area contributed by atoms with Gasteiger partial charge in [0.1, 0.15) is 0 Å². The van der Waals surface area contributed by atoms with Crippen LogP contribution in [0, 0.1) is 6.92 Å². The van der Waals surface area contributed by atoms with E-state index in [4.69, 9.17) is 0 Å². The van der Waals surface area contributed by atoms with Crippen molar-refractivity contribution in [2.45, 2.75) is 32.1 Å². The van der Waals surface area contributed by atoms with Gasteiger partial charge in [-0.25, -0.2) is 0 Å². The lowest BCUT2D eigenvalue weighted by atomic mass is 9.86. The third-order valence-electron chi connectivity index (χ3n) is 7.02. The van der Waals surface area contributed by atoms with Gasteiger partial charge in [-0.05, 0) is 96.3 Å². The SMILES string of the molecule is Cc1cc(N(c2ccccc2)c2ccccc2)ccc1-c1ccc2c(c1)C1CCC(=C2)C1. The molecule has 0 saturated heterocycles. The maximum Gasteiger partial charge on any atom is 0.0464 e. The van der Waals surface area contributed by atoms with Crippen LogP contribution in [0.5, 0.6) is 0 Å². The third-order valence-corrected chi connectivity index (χ3v) is 7.02. The van der Waals surface area contributed by atoms with Gasteiger partial charge in [0.25, 0.3) is 0 Å². The highest BCUT2D eigenvalue weighted by Crippen LogP contribution is 2.46. The molecule has 0 spiro atoms. The normalized spacial score (nSPS) is 16.4. The van der Waals surface area contributed by atoms with E-state index >= 15 is 0 Å². The Morgan fingerprint density at radius 2 is 1.44 bits per heavy atom. The fourth-order valence-corrected chi connectivity index (χ4v) is 5.44. The highest BCUT2D eigenvalue weighted by Gasteiger charge is 2.27. The molecule has 32 heavy (non-hydrogen) atoms. The van der Waals surface area contributed by atoms with Crippen molar-refractivity contribution in [3.8, 4) is 11.1 Å². The van der Waals surface area contributed by atoms with Crippen LogP contribution in [0.25, 0.3) is 17.2 Å². The fraction of sp³-hybridized carbons (Fsp3) is 0.161. The van der Waals surface area contributed by atoms with Crippen molar-refractivity contribution in [3.05, 3.63) is 119 Å². The molecule has 0 aromatic heterocycles. The van der Waals surface area contributed by atoms with Crippen molar-refractivity contribution in [3.63, 3.8) is 0 Å². The Hall–Kier alpha value is -3.58. The zero-order valence-corrected chi connectivity index (χ0v) is 18.5. The van der Waals surface area contributed by atoms with Crippen molar-refractivity contribution < 1.29 is 0 Å². The number of aryl methyl sites for hydroxylation is 1. The van der Waals surface area contributed by atoms with Gasteiger partial charge >= 0.3 is 0 Å². The molecule has 0 N–H and O–H groups in total. The monoisotopic (exact) mass is 413 g/mol. The second-order valence-electron chi connectivity index (χ2n) is 9.09. The van der Waals surface area contributed by atoms with Gasteiger partial charge in [0.05, 0.1) is 0 Å². The van der Waals surface area contributed by atoms with E-state index < -0.39 is 0 Å². The van der Waals surface area contributed by atoms with Gasteiger partial charge in [0, 0.05) is 17.1 Å². The Bertz CT molecular complexity index is 1260. The number of fused-ring (bicyclic) bond motifs is 4. The number of hydrogen-bond acceptors (Lipinski definition) is 1. The lowest BCUT2D eigenvalue weighted by molar-refractivity contribution is 0.727. The second kappa shape index (κ2) is 7.84. The molecule has 1 fully saturated rings. The molecule has 156 valence electrons. The van der Waals surface area contributed by atoms with Crippen molar-refractivity contribution in [1.82, 2.24) is 0 Å². The molecule has 4 aromatic carbocycles. The van der Waals surface area contributed by atoms with E-state index in [1.807, 2.05) is 0 Å². The predicted octanol–water partition coefficient (Wildman–Crippen LogP) is 8.80. The van der Waals surface area contributed by atoms with E-state index in [1.54, 1.807) is 11.1 Å². The molecule has 2 aliphatic carbocycles. The quantitative estimate of drug-likeness (QED) is 0.323. The van der Waals surface area contributed by atoms with Crippen LogP contribution in [-0.2, 0) is 0 Å². The third kappa shape index (κ3) is 3.35. The maximum absolute atomic E-state index is 2.45. The van der Waals surface area contributed by atoms with E-state index in [9.17, 15) is 0 Å². The molecule has 6 rings (SSSR count). The Labute approximate surface area is 190 Å². The second-order valence-corrected chi connectivity index (χ2v) is 9.09. The largest absolute Gasteiger partial charge is 0.310 e. The smallest absolute Gasteiger partial charge is 0.0464 e. The fourth-order valence-electron chi connectivity index (χ4n) is 5.44. The van der Waals surface area contributed by atoms with E-state index in [-0.39, 0.29) is 0 Å². The summed E-state index contributed by atoms with van der Waals surface area (Å²) in [5, 5.41) is 0. The van der Waals surface area contributed by atoms with Crippen molar-refractivity contribution >= 4 is 23.1 Å². The number of rotatable bonds is 4. The van der Waals surface area contributed by atoms with Crippen LogP contribution in [-0.4, -0.2) is 0 Å². The van der Waals surface area contributed by atoms with E-state index in [1.165, 1.54) is 58.6 Å². The van der Waals surface area contributed by atoms with Gasteiger partial charge in [-0.1, -0.05) is 72.3 Å². The molecule has 1 nitrogen and oxygen atoms in total. The van der Waals surface area contributed by atoms with E-state index in [2.05, 4.69) is 115 Å². The summed E-state index contributed by atoms with van der Waals surface area (Å²) < 4.78 is 0. The number of hydrogen-bond donors (Lipinski definition) is 0. The van der Waals surface area contributed by atoms with Crippen molar-refractivity contribution in [2.24, 2.45) is 0 Å². The first-order chi connectivity index (χ1) is 15.8. The summed E-state index contributed by atoms with van der Waals surface area (Å²) in [5.41, 5.74) is 12.1. The van der Waals surface area contributed by atoms with Gasteiger partial charge < -0.3 is 4.90 Å². The van der Waals surface area contributed by atoms with Gasteiger partial charge in [-0.3, -0.25) is 0 Å². The predicted molar refractivity (Wildman–Crippen MR) is 136 cm³/mol. The van der Waals surface area contributed by atoms with Crippen molar-refractivity contribution in [1.29, 1.82) is 0 Å². The molecule has 0 amide bonds. The molecule has 1 saturated carbocycles. The van der Waals surface area contributed by atoms with Crippen LogP contribution in [0.3, 0.4) is 0 Å². The molecule has 1 unspecified atom stereocenters. The van der Waals surface area contributed by atoms with Crippen LogP contribution in [0.2, 0.25) is 0 Å². The first-order valence-electron chi connectivity index (χ1n) is 11.6. The first-order valence-corrected chi connectivity index (χ1v) is 11.6. The summed E-state index contributed by atoms with van der Waals surface area (Å²) in [4.78, 5) is 2.33. The summed E-state index contributed by atoms with van der Waals surface area (Å²) in [6.07, 6.45) is 6.27. The van der Waals surface area contributed by atoms with Crippen LogP contribution in [0.1, 0.15) is 41.9 Å². The Kier molecular flexibility index (Phi) is 4.69. The Morgan fingerprint density at radius 3 is 2.12 bits per heavy atom. The number of anilines is 3. The number of nitrogens with zero attached hydrogens (tertiary/aromatic N) is 1. The van der Waals surface area contributed by atoms with E-state index in [0.717, 1.165) is 5.92 Å². The minimum absolute atomic E-state index is 0.719. The maximum atomic E-state index is 2.45. The number of para-hydroxylation sites is 2. The van der Waals surface area contributed by atoms with Crippen molar-refractivity contribution in [2.75, 3.05) is 4.90 Å². The Balaban J connectivity index is 1.41. The summed E-state index contributed by atoms with van der Waals surface area (Å²) >= 11 is 0. The molecule has 2 bridgehead atoms. The zero-order valence-electron chi connectivity index (χ0n) is 18.5. The number of allylic oxidation sites excluding steroid dienone is 1.